The quantitative estimate of drug-likeness (QED) is 0.0423. The summed E-state index contributed by atoms with van der Waals surface area (Å²) in [5, 5.41) is 23.3. The maximum atomic E-state index is 12.5. The molecule has 0 fully saturated rings. The minimum atomic E-state index is -0.659. The Morgan fingerprint density at radius 1 is 0.431 bits per heavy atom. The number of hydrogen-bond donors (Lipinski definition) is 3. The van der Waals surface area contributed by atoms with Crippen molar-refractivity contribution in [1.82, 2.24) is 5.32 Å². The molecule has 0 heterocycles. The summed E-state index contributed by atoms with van der Waals surface area (Å²) in [6.07, 6.45) is 67.9. The second-order valence-corrected chi connectivity index (χ2v) is 17.6. The van der Waals surface area contributed by atoms with Gasteiger partial charge in [-0.3, -0.25) is 4.79 Å². The van der Waals surface area contributed by atoms with Crippen molar-refractivity contribution in [2.45, 2.75) is 283 Å². The molecule has 0 saturated carbocycles. The number of amides is 1. The van der Waals surface area contributed by atoms with Crippen LogP contribution >= 0.6 is 0 Å². The van der Waals surface area contributed by atoms with Gasteiger partial charge in [0.15, 0.2) is 0 Å². The van der Waals surface area contributed by atoms with Crippen LogP contribution in [0.5, 0.6) is 0 Å². The van der Waals surface area contributed by atoms with E-state index in [0.29, 0.717) is 12.8 Å². The van der Waals surface area contributed by atoms with Gasteiger partial charge in [0.05, 0.1) is 18.8 Å². The predicted molar refractivity (Wildman–Crippen MR) is 258 cm³/mol. The number of aliphatic hydroxyl groups is 2. The SMILES string of the molecule is CC/C=C\C/C=C\C/C=C\C/C=C\CCCCCCCCCCCCCCCCCCC(=O)NC(CO)C(O)CCCCCCCCCCCCCCCCCCC. The molecule has 2 atom stereocenters. The third-order valence-electron chi connectivity index (χ3n) is 11.9. The molecule has 58 heavy (non-hydrogen) atoms. The highest BCUT2D eigenvalue weighted by atomic mass is 16.3. The van der Waals surface area contributed by atoms with Gasteiger partial charge in [-0.1, -0.05) is 262 Å². The van der Waals surface area contributed by atoms with Crippen molar-refractivity contribution in [3.63, 3.8) is 0 Å². The maximum Gasteiger partial charge on any atom is 0.220 e. The molecule has 0 aromatic carbocycles. The second kappa shape index (κ2) is 49.7. The van der Waals surface area contributed by atoms with Gasteiger partial charge < -0.3 is 15.5 Å². The van der Waals surface area contributed by atoms with Crippen LogP contribution in [0.15, 0.2) is 48.6 Å². The highest BCUT2D eigenvalue weighted by molar-refractivity contribution is 5.76. The first kappa shape index (κ1) is 56.4. The van der Waals surface area contributed by atoms with Gasteiger partial charge in [-0.2, -0.15) is 0 Å². The van der Waals surface area contributed by atoms with Crippen LogP contribution in [0.25, 0.3) is 0 Å². The van der Waals surface area contributed by atoms with E-state index < -0.39 is 12.1 Å². The molecule has 3 N–H and O–H groups in total. The molecule has 0 aliphatic rings. The lowest BCUT2D eigenvalue weighted by atomic mass is 10.0. The Morgan fingerprint density at radius 3 is 1.14 bits per heavy atom. The zero-order valence-corrected chi connectivity index (χ0v) is 39.1. The second-order valence-electron chi connectivity index (χ2n) is 17.6. The topological polar surface area (TPSA) is 69.6 Å². The molecule has 0 spiro atoms. The van der Waals surface area contributed by atoms with Crippen LogP contribution in [0.3, 0.4) is 0 Å². The molecular weight excluding hydrogens is 711 g/mol. The van der Waals surface area contributed by atoms with Crippen molar-refractivity contribution in [3.8, 4) is 0 Å². The molecule has 4 heteroatoms. The number of carbonyl (C=O) groups excluding carboxylic acids is 1. The molecule has 0 saturated heterocycles. The van der Waals surface area contributed by atoms with Gasteiger partial charge in [0, 0.05) is 6.42 Å². The number of hydrogen-bond acceptors (Lipinski definition) is 3. The first-order chi connectivity index (χ1) is 28.7. The zero-order valence-electron chi connectivity index (χ0n) is 39.1. The fourth-order valence-electron chi connectivity index (χ4n) is 7.94. The van der Waals surface area contributed by atoms with E-state index in [1.807, 2.05) is 0 Å². The number of carbonyl (C=O) groups is 1. The third-order valence-corrected chi connectivity index (χ3v) is 11.9. The average Bonchev–Trinajstić information content (AvgIpc) is 3.23. The van der Waals surface area contributed by atoms with Crippen LogP contribution in [0.4, 0.5) is 0 Å². The molecule has 0 aromatic heterocycles. The standard InChI is InChI=1S/C54H101NO3/c1-3-5-7-9-11-13-15-17-19-21-22-23-24-25-26-27-28-29-30-31-32-34-36-38-40-42-44-46-48-50-54(58)55-52(51-56)53(57)49-47-45-43-41-39-37-35-33-20-18-16-14-12-10-8-6-4-2/h5,7,11,13,17,19,22-23,52-53,56-57H,3-4,6,8-10,12,14-16,18,20-21,24-51H2,1-2H3,(H,55,58)/b7-5-,13-11-,19-17-,23-22-. The summed E-state index contributed by atoms with van der Waals surface area (Å²) in [4.78, 5) is 12.5. The largest absolute Gasteiger partial charge is 0.394 e. The molecule has 1 amide bonds. The number of unbranched alkanes of at least 4 members (excludes halogenated alkanes) is 32. The summed E-state index contributed by atoms with van der Waals surface area (Å²) in [5.41, 5.74) is 0. The number of rotatable bonds is 47. The fourth-order valence-corrected chi connectivity index (χ4v) is 7.94. The highest BCUT2D eigenvalue weighted by Gasteiger charge is 2.20. The maximum absolute atomic E-state index is 12.5. The van der Waals surface area contributed by atoms with Gasteiger partial charge in [0.1, 0.15) is 0 Å². The van der Waals surface area contributed by atoms with Crippen LogP contribution in [0.2, 0.25) is 0 Å². The van der Waals surface area contributed by atoms with E-state index >= 15 is 0 Å². The van der Waals surface area contributed by atoms with E-state index in [4.69, 9.17) is 0 Å². The van der Waals surface area contributed by atoms with E-state index in [0.717, 1.165) is 51.4 Å². The lowest BCUT2D eigenvalue weighted by molar-refractivity contribution is -0.123. The molecule has 0 aliphatic heterocycles. The van der Waals surface area contributed by atoms with Gasteiger partial charge in [0.25, 0.3) is 0 Å². The summed E-state index contributed by atoms with van der Waals surface area (Å²) in [6.45, 7) is 4.26. The van der Waals surface area contributed by atoms with Crippen molar-refractivity contribution in [3.05, 3.63) is 48.6 Å². The number of allylic oxidation sites excluding steroid dienone is 8. The van der Waals surface area contributed by atoms with Gasteiger partial charge >= 0.3 is 0 Å². The summed E-state index contributed by atoms with van der Waals surface area (Å²) >= 11 is 0. The van der Waals surface area contributed by atoms with E-state index in [1.54, 1.807) is 0 Å². The van der Waals surface area contributed by atoms with Gasteiger partial charge in [-0.05, 0) is 51.4 Å². The van der Waals surface area contributed by atoms with Crippen LogP contribution in [0.1, 0.15) is 271 Å². The normalized spacial score (nSPS) is 13.2. The van der Waals surface area contributed by atoms with Crippen molar-refractivity contribution >= 4 is 5.91 Å². The Balaban J connectivity index is 3.46. The molecular formula is C54H101NO3. The first-order valence-electron chi connectivity index (χ1n) is 25.8. The minimum absolute atomic E-state index is 0.0294. The summed E-state index contributed by atoms with van der Waals surface area (Å²) in [6, 6.07) is -0.536. The first-order valence-corrected chi connectivity index (χ1v) is 25.8. The average molecular weight is 812 g/mol. The zero-order chi connectivity index (χ0) is 42.1. The Hall–Kier alpha value is -1.65. The van der Waals surface area contributed by atoms with Crippen LogP contribution in [-0.4, -0.2) is 34.9 Å². The van der Waals surface area contributed by atoms with Gasteiger partial charge in [0.2, 0.25) is 5.91 Å². The van der Waals surface area contributed by atoms with E-state index in [9.17, 15) is 15.0 Å². The van der Waals surface area contributed by atoms with Crippen molar-refractivity contribution in [2.24, 2.45) is 0 Å². The van der Waals surface area contributed by atoms with Gasteiger partial charge in [-0.15, -0.1) is 0 Å². The number of aliphatic hydroxyl groups excluding tert-OH is 2. The van der Waals surface area contributed by atoms with Crippen LogP contribution in [-0.2, 0) is 4.79 Å². The minimum Gasteiger partial charge on any atom is -0.394 e. The Morgan fingerprint density at radius 2 is 0.759 bits per heavy atom. The van der Waals surface area contributed by atoms with Crippen molar-refractivity contribution in [2.75, 3.05) is 6.61 Å². The fraction of sp³-hybridized carbons (Fsp3) is 0.833. The molecule has 0 aliphatic carbocycles. The molecule has 0 radical (unpaired) electrons. The van der Waals surface area contributed by atoms with E-state index in [1.165, 1.54) is 193 Å². The van der Waals surface area contributed by atoms with Crippen molar-refractivity contribution < 1.29 is 15.0 Å². The molecule has 0 rings (SSSR count). The number of nitrogens with one attached hydrogen (secondary N) is 1. The summed E-state index contributed by atoms with van der Waals surface area (Å²) < 4.78 is 0. The lowest BCUT2D eigenvalue weighted by Gasteiger charge is -2.22. The monoisotopic (exact) mass is 812 g/mol. The summed E-state index contributed by atoms with van der Waals surface area (Å²) in [7, 11) is 0. The molecule has 2 unspecified atom stereocenters. The molecule has 4 nitrogen and oxygen atoms in total. The smallest absolute Gasteiger partial charge is 0.220 e. The predicted octanol–water partition coefficient (Wildman–Crippen LogP) is 16.7. The summed E-state index contributed by atoms with van der Waals surface area (Å²) in [5.74, 6) is -0.0294. The molecule has 0 bridgehead atoms. The molecule has 340 valence electrons. The lowest BCUT2D eigenvalue weighted by Crippen LogP contribution is -2.45. The Kier molecular flexibility index (Phi) is 48.3. The molecule has 0 aromatic rings. The highest BCUT2D eigenvalue weighted by Crippen LogP contribution is 2.17. The van der Waals surface area contributed by atoms with Gasteiger partial charge in [-0.25, -0.2) is 0 Å². The van der Waals surface area contributed by atoms with Crippen LogP contribution < -0.4 is 5.32 Å². The Labute approximate surface area is 363 Å². The van der Waals surface area contributed by atoms with Crippen molar-refractivity contribution in [1.29, 1.82) is 0 Å². The Bertz CT molecular complexity index is 923. The third kappa shape index (κ3) is 45.4. The van der Waals surface area contributed by atoms with E-state index in [2.05, 4.69) is 67.8 Å². The van der Waals surface area contributed by atoms with E-state index in [-0.39, 0.29) is 12.5 Å². The van der Waals surface area contributed by atoms with Crippen LogP contribution in [0, 0.1) is 0 Å².